The molecule has 0 aromatic heterocycles. The summed E-state index contributed by atoms with van der Waals surface area (Å²) in [6.45, 7) is 1.65. The van der Waals surface area contributed by atoms with E-state index in [4.69, 9.17) is 30.7 Å². The molecular formula is C6H20N2O4Si. The zero-order valence-corrected chi connectivity index (χ0v) is 8.69. The third kappa shape index (κ3) is 48.1. The predicted octanol–water partition coefficient (Wildman–Crippen LogP) is -2.14. The highest BCUT2D eigenvalue weighted by atomic mass is 28.4. The molecule has 0 aromatic rings. The molecule has 82 valence electrons. The lowest BCUT2D eigenvalue weighted by atomic mass is 10.2. The van der Waals surface area contributed by atoms with E-state index >= 15 is 0 Å². The largest absolute Gasteiger partial charge is 0.668 e. The molecule has 0 bridgehead atoms. The van der Waals surface area contributed by atoms with Crippen molar-refractivity contribution in [3.05, 3.63) is 0 Å². The molecule has 0 radical (unpaired) electrons. The Bertz CT molecular complexity index is 87.1. The van der Waals surface area contributed by atoms with Crippen LogP contribution < -0.4 is 11.5 Å². The van der Waals surface area contributed by atoms with Crippen LogP contribution in [0.2, 0.25) is 0 Å². The van der Waals surface area contributed by atoms with Gasteiger partial charge in [0.2, 0.25) is 0 Å². The molecule has 0 saturated heterocycles. The molecule has 0 aliphatic heterocycles. The summed E-state index contributed by atoms with van der Waals surface area (Å²) < 4.78 is 0. The van der Waals surface area contributed by atoms with Crippen LogP contribution in [0.4, 0.5) is 0 Å². The number of unbranched alkanes of at least 4 members (excludes halogenated alkanes) is 3. The van der Waals surface area contributed by atoms with E-state index in [1.165, 1.54) is 12.8 Å². The lowest BCUT2D eigenvalue weighted by molar-refractivity contribution is 0.117. The van der Waals surface area contributed by atoms with Crippen LogP contribution in [0.25, 0.3) is 0 Å². The lowest BCUT2D eigenvalue weighted by Gasteiger charge is -1.94. The molecule has 0 saturated carbocycles. The molecular weight excluding hydrogens is 192 g/mol. The van der Waals surface area contributed by atoms with Gasteiger partial charge in [0.15, 0.2) is 0 Å². The second-order valence-electron chi connectivity index (χ2n) is 2.59. The van der Waals surface area contributed by atoms with Crippen LogP contribution in [-0.2, 0) is 0 Å². The average Bonchev–Trinajstić information content (AvgIpc) is 1.95. The fraction of sp³-hybridized carbons (Fsp3) is 1.00. The first-order valence-corrected chi connectivity index (χ1v) is 6.00. The average molecular weight is 212 g/mol. The summed E-state index contributed by atoms with van der Waals surface area (Å²) in [7, 11) is -4.61. The van der Waals surface area contributed by atoms with Crippen molar-refractivity contribution in [1.29, 1.82) is 0 Å². The molecule has 0 amide bonds. The maximum atomic E-state index is 7.33. The Balaban J connectivity index is 0. The highest BCUT2D eigenvalue weighted by molar-refractivity contribution is 6.46. The minimum Gasteiger partial charge on any atom is -0.368 e. The highest BCUT2D eigenvalue weighted by Gasteiger charge is 2.22. The van der Waals surface area contributed by atoms with Gasteiger partial charge in [-0.3, -0.25) is 0 Å². The Morgan fingerprint density at radius 2 is 0.923 bits per heavy atom. The number of nitrogens with two attached hydrogens (primary N) is 2. The SMILES string of the molecule is NCCCCCCN.O[Si](O)(O)O. The lowest BCUT2D eigenvalue weighted by Crippen LogP contribution is -2.33. The Hall–Kier alpha value is -0.0231. The van der Waals surface area contributed by atoms with Crippen LogP contribution in [0, 0.1) is 0 Å². The van der Waals surface area contributed by atoms with Gasteiger partial charge in [0, 0.05) is 0 Å². The molecule has 0 heterocycles. The van der Waals surface area contributed by atoms with E-state index in [0.29, 0.717) is 0 Å². The van der Waals surface area contributed by atoms with E-state index in [1.807, 2.05) is 0 Å². The topological polar surface area (TPSA) is 133 Å². The van der Waals surface area contributed by atoms with Crippen LogP contribution in [0.3, 0.4) is 0 Å². The molecule has 0 aliphatic carbocycles. The first-order chi connectivity index (χ1) is 5.91. The monoisotopic (exact) mass is 212 g/mol. The molecule has 0 rings (SSSR count). The minimum absolute atomic E-state index is 0.824. The predicted molar refractivity (Wildman–Crippen MR) is 51.2 cm³/mol. The van der Waals surface area contributed by atoms with E-state index in [2.05, 4.69) is 0 Å². The van der Waals surface area contributed by atoms with Gasteiger partial charge in [-0.1, -0.05) is 12.8 Å². The van der Waals surface area contributed by atoms with Gasteiger partial charge in [0.1, 0.15) is 0 Å². The molecule has 0 fully saturated rings. The Labute approximate surface area is 79.3 Å². The van der Waals surface area contributed by atoms with Crippen molar-refractivity contribution < 1.29 is 19.2 Å². The van der Waals surface area contributed by atoms with Crippen molar-refractivity contribution >= 4 is 9.05 Å². The van der Waals surface area contributed by atoms with Gasteiger partial charge in [0.05, 0.1) is 0 Å². The highest BCUT2D eigenvalue weighted by Crippen LogP contribution is 1.95. The molecule has 13 heavy (non-hydrogen) atoms. The van der Waals surface area contributed by atoms with Crippen molar-refractivity contribution in [3.63, 3.8) is 0 Å². The van der Waals surface area contributed by atoms with Crippen LogP contribution in [0.5, 0.6) is 0 Å². The van der Waals surface area contributed by atoms with E-state index in [-0.39, 0.29) is 0 Å². The fourth-order valence-electron chi connectivity index (χ4n) is 0.642. The van der Waals surface area contributed by atoms with E-state index < -0.39 is 9.05 Å². The third-order valence-corrected chi connectivity index (χ3v) is 1.16. The van der Waals surface area contributed by atoms with Gasteiger partial charge in [-0.25, -0.2) is 0 Å². The molecule has 6 nitrogen and oxygen atoms in total. The smallest absolute Gasteiger partial charge is 0.368 e. The summed E-state index contributed by atoms with van der Waals surface area (Å²) in [6, 6.07) is 0. The standard InChI is InChI=1S/C6H16N2.H4O4Si/c7-5-3-1-2-4-6-8;1-5(2,3)4/h1-8H2;1-4H. The summed E-state index contributed by atoms with van der Waals surface area (Å²) in [5.74, 6) is 0. The quantitative estimate of drug-likeness (QED) is 0.227. The first kappa shape index (κ1) is 15.4. The van der Waals surface area contributed by atoms with Crippen LogP contribution >= 0.6 is 0 Å². The van der Waals surface area contributed by atoms with Crippen molar-refractivity contribution in [2.24, 2.45) is 11.5 Å². The summed E-state index contributed by atoms with van der Waals surface area (Å²) in [4.78, 5) is 29.3. The zero-order valence-electron chi connectivity index (χ0n) is 7.69. The second-order valence-corrected chi connectivity index (χ2v) is 3.79. The summed E-state index contributed by atoms with van der Waals surface area (Å²) in [5.41, 5.74) is 10.6. The second kappa shape index (κ2) is 10.1. The normalized spacial score (nSPS) is 10.6. The van der Waals surface area contributed by atoms with E-state index in [9.17, 15) is 0 Å². The van der Waals surface area contributed by atoms with E-state index in [1.54, 1.807) is 0 Å². The molecule has 0 atom stereocenters. The van der Waals surface area contributed by atoms with Gasteiger partial charge < -0.3 is 30.7 Å². The van der Waals surface area contributed by atoms with Crippen LogP contribution in [-0.4, -0.2) is 41.3 Å². The summed E-state index contributed by atoms with van der Waals surface area (Å²) >= 11 is 0. The maximum Gasteiger partial charge on any atom is 0.668 e. The van der Waals surface area contributed by atoms with Gasteiger partial charge in [-0.05, 0) is 25.9 Å². The molecule has 8 N–H and O–H groups in total. The van der Waals surface area contributed by atoms with Gasteiger partial charge in [0.25, 0.3) is 0 Å². The van der Waals surface area contributed by atoms with E-state index in [0.717, 1.165) is 25.9 Å². The summed E-state index contributed by atoms with van der Waals surface area (Å²) in [6.07, 6.45) is 4.79. The Kier molecular flexibility index (Phi) is 12.0. The van der Waals surface area contributed by atoms with Crippen LogP contribution in [0.1, 0.15) is 25.7 Å². The molecule has 0 spiro atoms. The maximum absolute atomic E-state index is 7.33. The third-order valence-electron chi connectivity index (χ3n) is 1.16. The molecule has 0 aliphatic rings. The zero-order chi connectivity index (χ0) is 10.7. The van der Waals surface area contributed by atoms with Gasteiger partial charge >= 0.3 is 9.05 Å². The number of hydrogen-bond donors (Lipinski definition) is 6. The van der Waals surface area contributed by atoms with Crippen LogP contribution in [0.15, 0.2) is 0 Å². The van der Waals surface area contributed by atoms with Gasteiger partial charge in [-0.15, -0.1) is 0 Å². The van der Waals surface area contributed by atoms with Crippen molar-refractivity contribution in [1.82, 2.24) is 0 Å². The Morgan fingerprint density at radius 1 is 0.692 bits per heavy atom. The number of hydrogen-bond acceptors (Lipinski definition) is 6. The molecule has 0 aromatic carbocycles. The fourth-order valence-corrected chi connectivity index (χ4v) is 0.642. The van der Waals surface area contributed by atoms with Crippen molar-refractivity contribution in [2.45, 2.75) is 25.7 Å². The first-order valence-electron chi connectivity index (χ1n) is 4.21. The van der Waals surface area contributed by atoms with Crippen molar-refractivity contribution in [2.75, 3.05) is 13.1 Å². The minimum atomic E-state index is -4.61. The van der Waals surface area contributed by atoms with Crippen molar-refractivity contribution in [3.8, 4) is 0 Å². The molecule has 7 heteroatoms. The van der Waals surface area contributed by atoms with Gasteiger partial charge in [-0.2, -0.15) is 0 Å². The Morgan fingerprint density at radius 3 is 1.08 bits per heavy atom. The number of rotatable bonds is 5. The molecule has 0 unspecified atom stereocenters. The summed E-state index contributed by atoms with van der Waals surface area (Å²) in [5, 5.41) is 0.